The first-order chi connectivity index (χ1) is 9.10. The van der Waals surface area contributed by atoms with Crippen LogP contribution in [0.4, 0.5) is 5.82 Å². The number of carboxylic acid groups (broad SMARTS) is 1. The van der Waals surface area contributed by atoms with Crippen LogP contribution in [-0.2, 0) is 9.53 Å². The summed E-state index contributed by atoms with van der Waals surface area (Å²) in [6, 6.07) is -0.181. The summed E-state index contributed by atoms with van der Waals surface area (Å²) in [7, 11) is 1.27. The van der Waals surface area contributed by atoms with Crippen molar-refractivity contribution in [2.45, 2.75) is 25.3 Å². The summed E-state index contributed by atoms with van der Waals surface area (Å²) in [5.74, 6) is -0.695. The van der Waals surface area contributed by atoms with Gasteiger partial charge in [0.25, 0.3) is 0 Å². The van der Waals surface area contributed by atoms with E-state index in [4.69, 9.17) is 5.11 Å². The highest BCUT2D eigenvalue weighted by atomic mass is 16.5. The predicted octanol–water partition coefficient (Wildman–Crippen LogP) is 0.928. The van der Waals surface area contributed by atoms with Crippen LogP contribution in [0.2, 0.25) is 0 Å². The van der Waals surface area contributed by atoms with Gasteiger partial charge in [0.05, 0.1) is 25.9 Å². The molecule has 0 spiro atoms. The molecule has 2 N–H and O–H groups in total. The summed E-state index contributed by atoms with van der Waals surface area (Å²) in [6.45, 7) is 0. The average molecular weight is 265 g/mol. The molecule has 7 heteroatoms. The molecule has 1 fully saturated rings. The first-order valence-electron chi connectivity index (χ1n) is 5.99. The molecular weight excluding hydrogens is 250 g/mol. The highest BCUT2D eigenvalue weighted by Gasteiger charge is 2.33. The van der Waals surface area contributed by atoms with Crippen LogP contribution in [0, 0.1) is 5.92 Å². The first-order valence-corrected chi connectivity index (χ1v) is 5.99. The Morgan fingerprint density at radius 3 is 2.84 bits per heavy atom. The summed E-state index contributed by atoms with van der Waals surface area (Å²) in [6.07, 6.45) is 4.81. The third-order valence-corrected chi connectivity index (χ3v) is 2.95. The van der Waals surface area contributed by atoms with Gasteiger partial charge in [0.2, 0.25) is 0 Å². The summed E-state index contributed by atoms with van der Waals surface area (Å²) >= 11 is 0. The number of nitrogens with one attached hydrogen (secondary N) is 1. The number of nitrogens with zero attached hydrogens (tertiary/aromatic N) is 2. The molecule has 102 valence electrons. The Morgan fingerprint density at radius 1 is 1.53 bits per heavy atom. The van der Waals surface area contributed by atoms with Crippen LogP contribution < -0.4 is 5.32 Å². The smallest absolute Gasteiger partial charge is 0.358 e. The Bertz CT molecular complexity index is 488. The van der Waals surface area contributed by atoms with Gasteiger partial charge >= 0.3 is 11.9 Å². The molecule has 0 bridgehead atoms. The number of methoxy groups -OCH3 is 1. The molecule has 1 aliphatic carbocycles. The second kappa shape index (κ2) is 5.64. The number of ether oxygens (including phenoxy) is 1. The minimum absolute atomic E-state index is 0.0226. The molecule has 19 heavy (non-hydrogen) atoms. The van der Waals surface area contributed by atoms with Gasteiger partial charge in [-0.05, 0) is 18.8 Å². The lowest BCUT2D eigenvalue weighted by molar-refractivity contribution is -0.137. The molecule has 1 atom stereocenters. The van der Waals surface area contributed by atoms with E-state index in [0.717, 1.165) is 12.8 Å². The van der Waals surface area contributed by atoms with Gasteiger partial charge < -0.3 is 15.2 Å². The van der Waals surface area contributed by atoms with Gasteiger partial charge in [-0.3, -0.25) is 9.78 Å². The van der Waals surface area contributed by atoms with E-state index < -0.39 is 11.9 Å². The van der Waals surface area contributed by atoms with Crippen molar-refractivity contribution >= 4 is 17.8 Å². The van der Waals surface area contributed by atoms with E-state index in [9.17, 15) is 9.59 Å². The molecule has 1 heterocycles. The zero-order valence-corrected chi connectivity index (χ0v) is 10.5. The number of hydrogen-bond acceptors (Lipinski definition) is 6. The van der Waals surface area contributed by atoms with Gasteiger partial charge in [-0.1, -0.05) is 0 Å². The summed E-state index contributed by atoms with van der Waals surface area (Å²) in [5, 5.41) is 11.9. The van der Waals surface area contributed by atoms with Crippen molar-refractivity contribution in [1.29, 1.82) is 0 Å². The molecule has 0 saturated heterocycles. The second-order valence-electron chi connectivity index (χ2n) is 4.47. The van der Waals surface area contributed by atoms with E-state index in [-0.39, 0.29) is 18.2 Å². The van der Waals surface area contributed by atoms with Crippen LogP contribution in [0.5, 0.6) is 0 Å². The molecule has 0 aromatic carbocycles. The molecule has 1 aromatic rings. The molecule has 0 radical (unpaired) electrons. The van der Waals surface area contributed by atoms with E-state index in [0.29, 0.717) is 11.7 Å². The molecule has 0 aliphatic heterocycles. The molecule has 2 rings (SSSR count). The average Bonchev–Trinajstić information content (AvgIpc) is 3.21. The number of aliphatic carboxylic acids is 1. The minimum Gasteiger partial charge on any atom is -0.481 e. The number of aromatic nitrogens is 2. The zero-order chi connectivity index (χ0) is 13.8. The maximum atomic E-state index is 11.3. The Labute approximate surface area is 110 Å². The second-order valence-corrected chi connectivity index (χ2v) is 4.47. The predicted molar refractivity (Wildman–Crippen MR) is 65.8 cm³/mol. The van der Waals surface area contributed by atoms with Crippen LogP contribution in [0.15, 0.2) is 12.4 Å². The number of carbonyl (C=O) groups is 2. The van der Waals surface area contributed by atoms with Crippen molar-refractivity contribution in [2.75, 3.05) is 12.4 Å². The molecule has 7 nitrogen and oxygen atoms in total. The van der Waals surface area contributed by atoms with Crippen molar-refractivity contribution in [1.82, 2.24) is 9.97 Å². The lowest BCUT2D eigenvalue weighted by Gasteiger charge is -2.16. The number of hydrogen-bond donors (Lipinski definition) is 2. The normalized spacial score (nSPS) is 15.6. The first kappa shape index (κ1) is 13.3. The lowest BCUT2D eigenvalue weighted by atomic mass is 10.1. The van der Waals surface area contributed by atoms with Crippen LogP contribution in [0.25, 0.3) is 0 Å². The van der Waals surface area contributed by atoms with Crippen LogP contribution in [0.1, 0.15) is 29.8 Å². The topological polar surface area (TPSA) is 101 Å². The highest BCUT2D eigenvalue weighted by Crippen LogP contribution is 2.35. The largest absolute Gasteiger partial charge is 0.481 e. The van der Waals surface area contributed by atoms with Gasteiger partial charge in [-0.15, -0.1) is 0 Å². The van der Waals surface area contributed by atoms with E-state index >= 15 is 0 Å². The third kappa shape index (κ3) is 3.64. The summed E-state index contributed by atoms with van der Waals surface area (Å²) in [5.41, 5.74) is 0.0948. The van der Waals surface area contributed by atoms with Crippen molar-refractivity contribution in [2.24, 2.45) is 5.92 Å². The number of carboxylic acids is 1. The van der Waals surface area contributed by atoms with Crippen LogP contribution in [-0.4, -0.2) is 40.2 Å². The van der Waals surface area contributed by atoms with Gasteiger partial charge in [0.1, 0.15) is 5.82 Å². The number of esters is 1. The molecule has 1 aromatic heterocycles. The molecule has 1 saturated carbocycles. The van der Waals surface area contributed by atoms with Crippen LogP contribution in [0.3, 0.4) is 0 Å². The molecule has 1 unspecified atom stereocenters. The SMILES string of the molecule is COC(=O)c1cncc(NC(CC(=O)O)C2CC2)n1. The fourth-order valence-electron chi connectivity index (χ4n) is 1.85. The third-order valence-electron chi connectivity index (χ3n) is 2.95. The monoisotopic (exact) mass is 265 g/mol. The Hall–Kier alpha value is -2.18. The number of anilines is 1. The van der Waals surface area contributed by atoms with Gasteiger partial charge in [-0.25, -0.2) is 9.78 Å². The van der Waals surface area contributed by atoms with Crippen molar-refractivity contribution in [3.05, 3.63) is 18.1 Å². The van der Waals surface area contributed by atoms with E-state index in [2.05, 4.69) is 20.0 Å². The number of rotatable bonds is 6. The highest BCUT2D eigenvalue weighted by molar-refractivity contribution is 5.87. The fraction of sp³-hybridized carbons (Fsp3) is 0.500. The standard InChI is InChI=1S/C12H15N3O4/c1-19-12(18)9-5-13-6-10(15-9)14-8(4-11(16)17)7-2-3-7/h5-8H,2-4H2,1H3,(H,14,15)(H,16,17). The Morgan fingerprint density at radius 2 is 2.26 bits per heavy atom. The summed E-state index contributed by atoms with van der Waals surface area (Å²) in [4.78, 5) is 30.1. The summed E-state index contributed by atoms with van der Waals surface area (Å²) < 4.78 is 4.56. The lowest BCUT2D eigenvalue weighted by Crippen LogP contribution is -2.26. The zero-order valence-electron chi connectivity index (χ0n) is 10.5. The van der Waals surface area contributed by atoms with Crippen molar-refractivity contribution in [3.8, 4) is 0 Å². The van der Waals surface area contributed by atoms with Gasteiger partial charge in [0.15, 0.2) is 5.69 Å². The fourth-order valence-corrected chi connectivity index (χ4v) is 1.85. The Kier molecular flexibility index (Phi) is 3.94. The quantitative estimate of drug-likeness (QED) is 0.737. The van der Waals surface area contributed by atoms with E-state index in [1.165, 1.54) is 19.5 Å². The van der Waals surface area contributed by atoms with Gasteiger partial charge in [-0.2, -0.15) is 0 Å². The van der Waals surface area contributed by atoms with Crippen LogP contribution >= 0.6 is 0 Å². The maximum absolute atomic E-state index is 11.3. The Balaban J connectivity index is 2.08. The van der Waals surface area contributed by atoms with E-state index in [1.807, 2.05) is 0 Å². The van der Waals surface area contributed by atoms with Crippen molar-refractivity contribution in [3.63, 3.8) is 0 Å². The minimum atomic E-state index is -0.860. The number of carbonyl (C=O) groups excluding carboxylic acids is 1. The van der Waals surface area contributed by atoms with E-state index in [1.54, 1.807) is 0 Å². The van der Waals surface area contributed by atoms with Gasteiger partial charge in [0, 0.05) is 6.04 Å². The maximum Gasteiger partial charge on any atom is 0.358 e. The molecule has 1 aliphatic rings. The molecule has 0 amide bonds. The van der Waals surface area contributed by atoms with Crippen molar-refractivity contribution < 1.29 is 19.4 Å². The molecular formula is C12H15N3O4.